The van der Waals surface area contributed by atoms with E-state index in [9.17, 15) is 9.90 Å². The Bertz CT molecular complexity index is 605. The quantitative estimate of drug-likeness (QED) is 0.912. The number of benzene rings is 1. The Morgan fingerprint density at radius 3 is 2.58 bits per heavy atom. The summed E-state index contributed by atoms with van der Waals surface area (Å²) >= 11 is 0. The predicted molar refractivity (Wildman–Crippen MR) is 74.0 cm³/mol. The number of aryl methyl sites for hydroxylation is 2. The highest BCUT2D eigenvalue weighted by Crippen LogP contribution is 2.16. The summed E-state index contributed by atoms with van der Waals surface area (Å²) in [7, 11) is 0. The summed E-state index contributed by atoms with van der Waals surface area (Å²) in [6, 6.07) is 11.3. The lowest BCUT2D eigenvalue weighted by Crippen LogP contribution is -2.26. The Kier molecular flexibility index (Phi) is 4.12. The van der Waals surface area contributed by atoms with Gasteiger partial charge in [0, 0.05) is 17.9 Å². The van der Waals surface area contributed by atoms with Crippen LogP contribution in [0.4, 0.5) is 0 Å². The second kappa shape index (κ2) is 5.80. The van der Waals surface area contributed by atoms with Crippen molar-refractivity contribution in [2.45, 2.75) is 32.9 Å². The van der Waals surface area contributed by atoms with Crippen LogP contribution in [-0.2, 0) is 6.54 Å². The van der Waals surface area contributed by atoms with Crippen molar-refractivity contribution in [1.82, 2.24) is 9.55 Å². The monoisotopic (exact) mass is 258 g/mol. The van der Waals surface area contributed by atoms with Crippen LogP contribution >= 0.6 is 0 Å². The summed E-state index contributed by atoms with van der Waals surface area (Å²) in [5.74, 6) is 0. The van der Waals surface area contributed by atoms with Crippen molar-refractivity contribution in [2.75, 3.05) is 0 Å². The van der Waals surface area contributed by atoms with Crippen molar-refractivity contribution in [3.05, 3.63) is 63.8 Å². The molecule has 1 heterocycles. The van der Waals surface area contributed by atoms with E-state index in [1.165, 1.54) is 0 Å². The molecule has 2 aromatic rings. The highest BCUT2D eigenvalue weighted by Gasteiger charge is 2.09. The molecule has 0 saturated heterocycles. The maximum absolute atomic E-state index is 11.8. The minimum Gasteiger partial charge on any atom is -0.388 e. The van der Waals surface area contributed by atoms with Crippen molar-refractivity contribution in [3.63, 3.8) is 0 Å². The molecular weight excluding hydrogens is 240 g/mol. The predicted octanol–water partition coefficient (Wildman–Crippen LogP) is 1.98. The SMILES string of the molecule is Cc1cc(C)n(CCC(O)c2ccccc2)c(=O)n1. The van der Waals surface area contributed by atoms with Crippen LogP contribution in [0, 0.1) is 13.8 Å². The van der Waals surface area contributed by atoms with Gasteiger partial charge in [0.15, 0.2) is 0 Å². The molecule has 1 unspecified atom stereocenters. The smallest absolute Gasteiger partial charge is 0.347 e. The summed E-state index contributed by atoms with van der Waals surface area (Å²) in [6.45, 7) is 4.15. The van der Waals surface area contributed by atoms with Gasteiger partial charge in [-0.05, 0) is 31.9 Å². The van der Waals surface area contributed by atoms with E-state index in [1.54, 1.807) is 11.5 Å². The zero-order valence-corrected chi connectivity index (χ0v) is 11.2. The number of aliphatic hydroxyl groups is 1. The van der Waals surface area contributed by atoms with Gasteiger partial charge in [0.2, 0.25) is 0 Å². The van der Waals surface area contributed by atoms with E-state index in [0.29, 0.717) is 13.0 Å². The summed E-state index contributed by atoms with van der Waals surface area (Å²) in [5.41, 5.74) is 2.21. The number of hydrogen-bond acceptors (Lipinski definition) is 3. The van der Waals surface area contributed by atoms with Crippen LogP contribution in [0.3, 0.4) is 0 Å². The molecule has 0 radical (unpaired) electrons. The van der Waals surface area contributed by atoms with Crippen LogP contribution < -0.4 is 5.69 Å². The van der Waals surface area contributed by atoms with Crippen LogP contribution in [0.25, 0.3) is 0 Å². The molecule has 0 aliphatic heterocycles. The molecule has 0 saturated carbocycles. The van der Waals surface area contributed by atoms with Crippen molar-refractivity contribution >= 4 is 0 Å². The van der Waals surface area contributed by atoms with Gasteiger partial charge < -0.3 is 5.11 Å². The largest absolute Gasteiger partial charge is 0.388 e. The molecular formula is C15H18N2O2. The van der Waals surface area contributed by atoms with E-state index < -0.39 is 6.10 Å². The van der Waals surface area contributed by atoms with E-state index in [2.05, 4.69) is 4.98 Å². The molecule has 1 atom stereocenters. The molecule has 2 rings (SSSR count). The van der Waals surface area contributed by atoms with E-state index >= 15 is 0 Å². The molecule has 0 aliphatic rings. The zero-order valence-electron chi connectivity index (χ0n) is 11.2. The first kappa shape index (κ1) is 13.5. The van der Waals surface area contributed by atoms with Gasteiger partial charge in [0.25, 0.3) is 0 Å². The maximum atomic E-state index is 11.8. The van der Waals surface area contributed by atoms with Gasteiger partial charge in [0.05, 0.1) is 6.10 Å². The highest BCUT2D eigenvalue weighted by atomic mass is 16.3. The van der Waals surface area contributed by atoms with Crippen LogP contribution in [-0.4, -0.2) is 14.7 Å². The first-order valence-corrected chi connectivity index (χ1v) is 6.36. The Hall–Kier alpha value is -1.94. The Balaban J connectivity index is 2.10. The van der Waals surface area contributed by atoms with Gasteiger partial charge in [-0.15, -0.1) is 0 Å². The lowest BCUT2D eigenvalue weighted by molar-refractivity contribution is 0.160. The van der Waals surface area contributed by atoms with Crippen molar-refractivity contribution in [2.24, 2.45) is 0 Å². The number of hydrogen-bond donors (Lipinski definition) is 1. The van der Waals surface area contributed by atoms with Crippen LogP contribution in [0.5, 0.6) is 0 Å². The lowest BCUT2D eigenvalue weighted by atomic mass is 10.1. The molecule has 0 bridgehead atoms. The van der Waals surface area contributed by atoms with Gasteiger partial charge in [0.1, 0.15) is 0 Å². The first-order valence-electron chi connectivity index (χ1n) is 6.36. The molecule has 0 amide bonds. The maximum Gasteiger partial charge on any atom is 0.347 e. The molecule has 1 aromatic carbocycles. The second-order valence-corrected chi connectivity index (χ2v) is 4.69. The number of rotatable bonds is 4. The molecule has 0 fully saturated rings. The Morgan fingerprint density at radius 2 is 1.95 bits per heavy atom. The fourth-order valence-electron chi connectivity index (χ4n) is 2.14. The minimum atomic E-state index is -0.561. The Morgan fingerprint density at radius 1 is 1.26 bits per heavy atom. The molecule has 1 N–H and O–H groups in total. The molecule has 1 aromatic heterocycles. The van der Waals surface area contributed by atoms with Crippen LogP contribution in [0.1, 0.15) is 29.5 Å². The lowest BCUT2D eigenvalue weighted by Gasteiger charge is -2.13. The summed E-state index contributed by atoms with van der Waals surface area (Å²) in [6.07, 6.45) is -0.0658. The number of nitrogens with zero attached hydrogens (tertiary/aromatic N) is 2. The molecule has 0 aliphatic carbocycles. The van der Waals surface area contributed by atoms with Crippen LogP contribution in [0.15, 0.2) is 41.2 Å². The van der Waals surface area contributed by atoms with Crippen molar-refractivity contribution < 1.29 is 5.11 Å². The summed E-state index contributed by atoms with van der Waals surface area (Å²) < 4.78 is 1.60. The zero-order chi connectivity index (χ0) is 13.8. The molecule has 4 nitrogen and oxygen atoms in total. The van der Waals surface area contributed by atoms with Crippen molar-refractivity contribution in [1.29, 1.82) is 0 Å². The van der Waals surface area contributed by atoms with Gasteiger partial charge in [-0.2, -0.15) is 4.98 Å². The summed E-state index contributed by atoms with van der Waals surface area (Å²) in [5, 5.41) is 10.1. The fourth-order valence-corrected chi connectivity index (χ4v) is 2.14. The van der Waals surface area contributed by atoms with E-state index in [0.717, 1.165) is 17.0 Å². The average molecular weight is 258 g/mol. The normalized spacial score (nSPS) is 12.4. The van der Waals surface area contributed by atoms with Gasteiger partial charge in [-0.3, -0.25) is 4.57 Å². The van der Waals surface area contributed by atoms with Gasteiger partial charge in [-0.25, -0.2) is 4.79 Å². The van der Waals surface area contributed by atoms with Gasteiger partial charge >= 0.3 is 5.69 Å². The van der Waals surface area contributed by atoms with Gasteiger partial charge in [-0.1, -0.05) is 30.3 Å². The fraction of sp³-hybridized carbons (Fsp3) is 0.333. The number of aliphatic hydroxyl groups excluding tert-OH is 1. The molecule has 4 heteroatoms. The third kappa shape index (κ3) is 3.29. The third-order valence-corrected chi connectivity index (χ3v) is 3.16. The number of aromatic nitrogens is 2. The molecule has 100 valence electrons. The molecule has 0 spiro atoms. The van der Waals surface area contributed by atoms with E-state index in [4.69, 9.17) is 0 Å². The Labute approximate surface area is 112 Å². The highest BCUT2D eigenvalue weighted by molar-refractivity contribution is 5.17. The van der Waals surface area contributed by atoms with E-state index in [1.807, 2.05) is 43.3 Å². The van der Waals surface area contributed by atoms with Crippen LogP contribution in [0.2, 0.25) is 0 Å². The second-order valence-electron chi connectivity index (χ2n) is 4.69. The first-order chi connectivity index (χ1) is 9.08. The van der Waals surface area contributed by atoms with Crippen molar-refractivity contribution in [3.8, 4) is 0 Å². The molecule has 19 heavy (non-hydrogen) atoms. The summed E-state index contributed by atoms with van der Waals surface area (Å²) in [4.78, 5) is 15.7. The minimum absolute atomic E-state index is 0.252. The average Bonchev–Trinajstić information content (AvgIpc) is 2.38. The standard InChI is InChI=1S/C15H18N2O2/c1-11-10-12(2)17(15(19)16-11)9-8-14(18)13-6-4-3-5-7-13/h3-7,10,14,18H,8-9H2,1-2H3. The topological polar surface area (TPSA) is 55.1 Å². The third-order valence-electron chi connectivity index (χ3n) is 3.16. The van der Waals surface area contributed by atoms with E-state index in [-0.39, 0.29) is 5.69 Å².